The van der Waals surface area contributed by atoms with Crippen molar-refractivity contribution in [2.24, 2.45) is 5.92 Å². The lowest BCUT2D eigenvalue weighted by atomic mass is 10.2. The Kier molecular flexibility index (Phi) is 5.49. The third-order valence-electron chi connectivity index (χ3n) is 5.16. The number of hydrogen-bond donors (Lipinski definition) is 1. The number of amides is 3. The topological polar surface area (TPSA) is 57.6 Å². The molecular weight excluding hydrogens is 328 g/mol. The largest absolute Gasteiger partial charge is 0.342 e. The molecule has 140 valence electrons. The van der Waals surface area contributed by atoms with E-state index in [4.69, 9.17) is 0 Å². The highest BCUT2D eigenvalue weighted by Gasteiger charge is 2.23. The minimum absolute atomic E-state index is 0.0372. The molecule has 6 heteroatoms. The molecule has 0 spiro atoms. The van der Waals surface area contributed by atoms with E-state index in [9.17, 15) is 9.59 Å². The van der Waals surface area contributed by atoms with Crippen LogP contribution in [0.2, 0.25) is 0 Å². The van der Waals surface area contributed by atoms with Crippen LogP contribution in [0.25, 0.3) is 10.9 Å². The maximum Gasteiger partial charge on any atom is 0.321 e. The van der Waals surface area contributed by atoms with Crippen molar-refractivity contribution in [2.75, 3.05) is 31.5 Å². The quantitative estimate of drug-likeness (QED) is 0.893. The molecule has 1 unspecified atom stereocenters. The SMILES string of the molecule is CCN(CC)C(=O)Cn1ccc2cc(NC(=O)N3CCC(C)C3)ccc21. The molecule has 26 heavy (non-hydrogen) atoms. The Bertz CT molecular complexity index is 794. The Morgan fingerprint density at radius 1 is 1.23 bits per heavy atom. The molecule has 1 aliphatic rings. The van der Waals surface area contributed by atoms with Crippen molar-refractivity contribution in [3.8, 4) is 0 Å². The van der Waals surface area contributed by atoms with E-state index in [1.165, 1.54) is 0 Å². The number of rotatable bonds is 5. The monoisotopic (exact) mass is 356 g/mol. The van der Waals surface area contributed by atoms with E-state index in [0.29, 0.717) is 12.5 Å². The Morgan fingerprint density at radius 2 is 2.00 bits per heavy atom. The first-order valence-electron chi connectivity index (χ1n) is 9.44. The molecule has 0 bridgehead atoms. The van der Waals surface area contributed by atoms with Gasteiger partial charge in [0.05, 0.1) is 0 Å². The first kappa shape index (κ1) is 18.3. The van der Waals surface area contributed by atoms with Crippen molar-refractivity contribution in [1.29, 1.82) is 0 Å². The van der Waals surface area contributed by atoms with Crippen LogP contribution in [0.3, 0.4) is 0 Å². The fraction of sp³-hybridized carbons (Fsp3) is 0.500. The van der Waals surface area contributed by atoms with E-state index >= 15 is 0 Å². The maximum absolute atomic E-state index is 12.3. The summed E-state index contributed by atoms with van der Waals surface area (Å²) >= 11 is 0. The lowest BCUT2D eigenvalue weighted by molar-refractivity contribution is -0.131. The smallest absolute Gasteiger partial charge is 0.321 e. The number of benzene rings is 1. The summed E-state index contributed by atoms with van der Waals surface area (Å²) in [7, 11) is 0. The van der Waals surface area contributed by atoms with Crippen LogP contribution in [0.15, 0.2) is 30.5 Å². The molecule has 1 N–H and O–H groups in total. The Balaban J connectivity index is 1.70. The van der Waals surface area contributed by atoms with Gasteiger partial charge in [-0.2, -0.15) is 0 Å². The van der Waals surface area contributed by atoms with Crippen molar-refractivity contribution in [2.45, 2.75) is 33.7 Å². The molecular formula is C20H28N4O2. The van der Waals surface area contributed by atoms with Gasteiger partial charge in [0.2, 0.25) is 5.91 Å². The average molecular weight is 356 g/mol. The zero-order valence-corrected chi connectivity index (χ0v) is 15.9. The van der Waals surface area contributed by atoms with Gasteiger partial charge in [-0.1, -0.05) is 6.92 Å². The van der Waals surface area contributed by atoms with Gasteiger partial charge in [-0.25, -0.2) is 4.79 Å². The van der Waals surface area contributed by atoms with Crippen LogP contribution >= 0.6 is 0 Å². The van der Waals surface area contributed by atoms with Gasteiger partial charge in [-0.3, -0.25) is 4.79 Å². The number of likely N-dealkylation sites (tertiary alicyclic amines) is 1. The molecule has 1 atom stereocenters. The highest BCUT2D eigenvalue weighted by atomic mass is 16.2. The zero-order valence-electron chi connectivity index (χ0n) is 15.9. The molecule has 2 heterocycles. The molecule has 0 saturated carbocycles. The van der Waals surface area contributed by atoms with Crippen LogP contribution in [0.1, 0.15) is 27.2 Å². The zero-order chi connectivity index (χ0) is 18.7. The Hall–Kier alpha value is -2.50. The maximum atomic E-state index is 12.3. The van der Waals surface area contributed by atoms with Crippen molar-refractivity contribution >= 4 is 28.5 Å². The van der Waals surface area contributed by atoms with E-state index < -0.39 is 0 Å². The molecule has 1 aromatic carbocycles. The lowest BCUT2D eigenvalue weighted by Gasteiger charge is -2.19. The number of carbonyl (C=O) groups excluding carboxylic acids is 2. The number of anilines is 1. The van der Waals surface area contributed by atoms with E-state index in [1.54, 1.807) is 0 Å². The number of fused-ring (bicyclic) bond motifs is 1. The molecule has 2 aromatic rings. The van der Waals surface area contributed by atoms with E-state index in [2.05, 4.69) is 12.2 Å². The third-order valence-corrected chi connectivity index (χ3v) is 5.16. The molecule has 3 amide bonds. The van der Waals surface area contributed by atoms with Crippen LogP contribution in [0.5, 0.6) is 0 Å². The normalized spacial score (nSPS) is 16.9. The molecule has 1 saturated heterocycles. The summed E-state index contributed by atoms with van der Waals surface area (Å²) in [4.78, 5) is 28.4. The number of nitrogens with zero attached hydrogens (tertiary/aromatic N) is 3. The number of aromatic nitrogens is 1. The second-order valence-corrected chi connectivity index (χ2v) is 7.05. The van der Waals surface area contributed by atoms with Gasteiger partial charge < -0.3 is 19.7 Å². The molecule has 1 aliphatic heterocycles. The van der Waals surface area contributed by atoms with Gasteiger partial charge in [0.1, 0.15) is 6.54 Å². The lowest BCUT2D eigenvalue weighted by Crippen LogP contribution is -2.33. The number of nitrogens with one attached hydrogen (secondary N) is 1. The highest BCUT2D eigenvalue weighted by molar-refractivity contribution is 5.93. The van der Waals surface area contributed by atoms with Crippen LogP contribution in [-0.2, 0) is 11.3 Å². The summed E-state index contributed by atoms with van der Waals surface area (Å²) in [6.07, 6.45) is 3.00. The summed E-state index contributed by atoms with van der Waals surface area (Å²) < 4.78 is 1.96. The molecule has 0 aliphatic carbocycles. The fourth-order valence-electron chi connectivity index (χ4n) is 3.56. The van der Waals surface area contributed by atoms with E-state index in [0.717, 1.165) is 49.2 Å². The van der Waals surface area contributed by atoms with Crippen LogP contribution in [0.4, 0.5) is 10.5 Å². The van der Waals surface area contributed by atoms with Gasteiger partial charge >= 0.3 is 6.03 Å². The summed E-state index contributed by atoms with van der Waals surface area (Å²) in [6.45, 7) is 9.57. The van der Waals surface area contributed by atoms with Crippen LogP contribution in [0, 0.1) is 5.92 Å². The predicted molar refractivity (Wildman–Crippen MR) is 104 cm³/mol. The first-order chi connectivity index (χ1) is 12.5. The van der Waals surface area contributed by atoms with E-state index in [-0.39, 0.29) is 11.9 Å². The first-order valence-corrected chi connectivity index (χ1v) is 9.44. The number of carbonyl (C=O) groups is 2. The van der Waals surface area contributed by atoms with E-state index in [1.807, 2.05) is 58.7 Å². The van der Waals surface area contributed by atoms with Crippen LogP contribution < -0.4 is 5.32 Å². The highest BCUT2D eigenvalue weighted by Crippen LogP contribution is 2.22. The molecule has 0 radical (unpaired) electrons. The summed E-state index contributed by atoms with van der Waals surface area (Å²) in [5.41, 5.74) is 1.79. The fourth-order valence-corrected chi connectivity index (χ4v) is 3.56. The van der Waals surface area contributed by atoms with Gasteiger partial charge in [0, 0.05) is 49.0 Å². The summed E-state index contributed by atoms with van der Waals surface area (Å²) in [6, 6.07) is 7.78. The van der Waals surface area contributed by atoms with Crippen molar-refractivity contribution < 1.29 is 9.59 Å². The summed E-state index contributed by atoms with van der Waals surface area (Å²) in [5, 5.41) is 4.00. The Labute approximate surface area is 154 Å². The van der Waals surface area contributed by atoms with Gasteiger partial charge in [-0.05, 0) is 50.5 Å². The Morgan fingerprint density at radius 3 is 2.65 bits per heavy atom. The summed E-state index contributed by atoms with van der Waals surface area (Å²) in [5.74, 6) is 0.689. The van der Waals surface area contributed by atoms with Gasteiger partial charge in [-0.15, -0.1) is 0 Å². The number of likely N-dealkylation sites (N-methyl/N-ethyl adjacent to an activating group) is 1. The minimum Gasteiger partial charge on any atom is -0.342 e. The van der Waals surface area contributed by atoms with Gasteiger partial charge in [0.15, 0.2) is 0 Å². The van der Waals surface area contributed by atoms with Crippen molar-refractivity contribution in [3.05, 3.63) is 30.5 Å². The van der Waals surface area contributed by atoms with Gasteiger partial charge in [0.25, 0.3) is 0 Å². The van der Waals surface area contributed by atoms with Crippen molar-refractivity contribution in [1.82, 2.24) is 14.4 Å². The average Bonchev–Trinajstić information content (AvgIpc) is 3.22. The predicted octanol–water partition coefficient (Wildman–Crippen LogP) is 3.38. The third kappa shape index (κ3) is 3.84. The minimum atomic E-state index is -0.0372. The molecule has 1 aromatic heterocycles. The molecule has 1 fully saturated rings. The standard InChI is InChI=1S/C20H28N4O2/c1-4-22(5-2)19(25)14-23-11-9-16-12-17(6-7-18(16)23)21-20(26)24-10-8-15(3)13-24/h6-7,9,11-12,15H,4-5,8,10,13-14H2,1-3H3,(H,21,26). The molecule has 6 nitrogen and oxygen atoms in total. The molecule has 3 rings (SSSR count). The number of hydrogen-bond acceptors (Lipinski definition) is 2. The van der Waals surface area contributed by atoms with Crippen LogP contribution in [-0.4, -0.2) is 52.5 Å². The number of urea groups is 1. The van der Waals surface area contributed by atoms with Crippen molar-refractivity contribution in [3.63, 3.8) is 0 Å². The second kappa shape index (κ2) is 7.81. The second-order valence-electron chi connectivity index (χ2n) is 7.05.